The van der Waals surface area contributed by atoms with Crippen LogP contribution in [-0.2, 0) is 4.32 Å². The molecule has 0 aromatic heterocycles. The van der Waals surface area contributed by atoms with Crippen molar-refractivity contribution in [3.63, 3.8) is 0 Å². The lowest BCUT2D eigenvalue weighted by Gasteiger charge is -2.24. The first-order chi connectivity index (χ1) is 6.71. The van der Waals surface area contributed by atoms with Crippen LogP contribution in [0.15, 0.2) is 48.6 Å². The van der Waals surface area contributed by atoms with Gasteiger partial charge < -0.3 is 0 Å². The van der Waals surface area contributed by atoms with Gasteiger partial charge in [0.25, 0.3) is 0 Å². The Morgan fingerprint density at radius 1 is 1.14 bits per heavy atom. The third-order valence-electron chi connectivity index (χ3n) is 2.35. The Balaban J connectivity index is 2.34. The number of allylic oxidation sites excluding steroid dienone is 4. The van der Waals surface area contributed by atoms with Gasteiger partial charge in [-0.05, 0) is 24.1 Å². The second-order valence-corrected chi connectivity index (χ2v) is 5.21. The molecular formula is C12H10BrCl. The van der Waals surface area contributed by atoms with Crippen molar-refractivity contribution >= 4 is 27.5 Å². The van der Waals surface area contributed by atoms with Crippen LogP contribution in [0.2, 0.25) is 5.02 Å². The lowest BCUT2D eigenvalue weighted by molar-refractivity contribution is 0.797. The third kappa shape index (κ3) is 1.94. The average molecular weight is 270 g/mol. The van der Waals surface area contributed by atoms with Crippen molar-refractivity contribution in [2.45, 2.75) is 10.7 Å². The fraction of sp³-hybridized carbons (Fsp3) is 0.167. The van der Waals surface area contributed by atoms with E-state index in [1.54, 1.807) is 0 Å². The van der Waals surface area contributed by atoms with Gasteiger partial charge in [-0.3, -0.25) is 0 Å². The Morgan fingerprint density at radius 2 is 1.86 bits per heavy atom. The molecule has 0 aliphatic heterocycles. The van der Waals surface area contributed by atoms with Gasteiger partial charge in [-0.15, -0.1) is 0 Å². The summed E-state index contributed by atoms with van der Waals surface area (Å²) >= 11 is 9.60. The highest BCUT2D eigenvalue weighted by atomic mass is 79.9. The quantitative estimate of drug-likeness (QED) is 0.661. The van der Waals surface area contributed by atoms with Crippen molar-refractivity contribution in [1.82, 2.24) is 0 Å². The Bertz CT molecular complexity index is 378. The van der Waals surface area contributed by atoms with Gasteiger partial charge in [0.1, 0.15) is 0 Å². The molecule has 2 heteroatoms. The van der Waals surface area contributed by atoms with Crippen LogP contribution >= 0.6 is 27.5 Å². The molecule has 0 nitrogen and oxygen atoms in total. The fourth-order valence-electron chi connectivity index (χ4n) is 1.54. The van der Waals surface area contributed by atoms with E-state index in [4.69, 9.17) is 11.6 Å². The molecule has 0 radical (unpaired) electrons. The van der Waals surface area contributed by atoms with E-state index in [0.29, 0.717) is 0 Å². The van der Waals surface area contributed by atoms with Crippen LogP contribution < -0.4 is 0 Å². The second-order valence-electron chi connectivity index (χ2n) is 3.36. The Morgan fingerprint density at radius 3 is 2.43 bits per heavy atom. The predicted octanol–water partition coefficient (Wildman–Crippen LogP) is 4.45. The number of rotatable bonds is 1. The first-order valence-corrected chi connectivity index (χ1v) is 5.67. The maximum atomic E-state index is 5.85. The molecule has 1 aliphatic carbocycles. The third-order valence-corrected chi connectivity index (χ3v) is 3.64. The topological polar surface area (TPSA) is 0 Å². The molecule has 0 saturated heterocycles. The summed E-state index contributed by atoms with van der Waals surface area (Å²) in [7, 11) is 0. The largest absolute Gasteiger partial charge is 0.0843 e. The summed E-state index contributed by atoms with van der Waals surface area (Å²) in [4.78, 5) is 0. The van der Waals surface area contributed by atoms with E-state index >= 15 is 0 Å². The molecule has 14 heavy (non-hydrogen) atoms. The fourth-order valence-corrected chi connectivity index (χ4v) is 2.27. The molecule has 0 N–H and O–H groups in total. The SMILES string of the molecule is Clc1ccc(C2(Br)C=CC=CC2)cc1. The van der Waals surface area contributed by atoms with Crippen LogP contribution in [-0.4, -0.2) is 0 Å². The number of hydrogen-bond donors (Lipinski definition) is 0. The Labute approximate surface area is 97.4 Å². The van der Waals surface area contributed by atoms with Gasteiger partial charge in [-0.25, -0.2) is 0 Å². The summed E-state index contributed by atoms with van der Waals surface area (Å²) < 4.78 is -0.0493. The summed E-state index contributed by atoms with van der Waals surface area (Å²) in [5.74, 6) is 0. The summed E-state index contributed by atoms with van der Waals surface area (Å²) in [5.41, 5.74) is 1.24. The van der Waals surface area contributed by atoms with E-state index in [2.05, 4.69) is 52.4 Å². The van der Waals surface area contributed by atoms with E-state index in [1.165, 1.54) is 5.56 Å². The van der Waals surface area contributed by atoms with E-state index in [9.17, 15) is 0 Å². The number of alkyl halides is 1. The summed E-state index contributed by atoms with van der Waals surface area (Å²) in [6.07, 6.45) is 9.42. The number of benzene rings is 1. The minimum Gasteiger partial charge on any atom is -0.0843 e. The standard InChI is InChI=1S/C12H10BrCl/c13-12(8-2-1-3-9-12)10-4-6-11(14)7-5-10/h1-8H,9H2. The molecule has 0 heterocycles. The maximum Gasteiger partial charge on any atom is 0.0723 e. The smallest absolute Gasteiger partial charge is 0.0723 e. The lowest BCUT2D eigenvalue weighted by atomic mass is 9.92. The molecule has 2 rings (SSSR count). The average Bonchev–Trinajstić information content (AvgIpc) is 2.19. The molecule has 0 amide bonds. The van der Waals surface area contributed by atoms with E-state index in [1.807, 2.05) is 12.1 Å². The molecule has 1 aliphatic rings. The molecule has 0 bridgehead atoms. The van der Waals surface area contributed by atoms with Crippen LogP contribution in [0.5, 0.6) is 0 Å². The van der Waals surface area contributed by atoms with Crippen molar-refractivity contribution < 1.29 is 0 Å². The maximum absolute atomic E-state index is 5.85. The summed E-state index contributed by atoms with van der Waals surface area (Å²) in [6.45, 7) is 0. The molecule has 1 unspecified atom stereocenters. The van der Waals surface area contributed by atoms with Gasteiger partial charge >= 0.3 is 0 Å². The summed E-state index contributed by atoms with van der Waals surface area (Å²) in [6, 6.07) is 7.96. The van der Waals surface area contributed by atoms with Crippen LogP contribution in [0.25, 0.3) is 0 Å². The normalized spacial score (nSPS) is 25.3. The molecule has 1 atom stereocenters. The monoisotopic (exact) mass is 268 g/mol. The highest BCUT2D eigenvalue weighted by Gasteiger charge is 2.25. The van der Waals surface area contributed by atoms with E-state index in [-0.39, 0.29) is 4.32 Å². The van der Waals surface area contributed by atoms with Crippen LogP contribution in [0, 0.1) is 0 Å². The highest BCUT2D eigenvalue weighted by Crippen LogP contribution is 2.38. The predicted molar refractivity (Wildman–Crippen MR) is 65.0 cm³/mol. The zero-order valence-corrected chi connectivity index (χ0v) is 9.92. The molecule has 1 aromatic rings. The van der Waals surface area contributed by atoms with Crippen LogP contribution in [0.3, 0.4) is 0 Å². The van der Waals surface area contributed by atoms with Gasteiger partial charge in [0.2, 0.25) is 0 Å². The van der Waals surface area contributed by atoms with Gasteiger partial charge in [0, 0.05) is 5.02 Å². The zero-order valence-electron chi connectivity index (χ0n) is 7.58. The van der Waals surface area contributed by atoms with E-state index < -0.39 is 0 Å². The Hall–Kier alpha value is -0.530. The molecule has 0 saturated carbocycles. The van der Waals surface area contributed by atoms with Gasteiger partial charge in [0.05, 0.1) is 4.32 Å². The van der Waals surface area contributed by atoms with Crippen molar-refractivity contribution in [3.8, 4) is 0 Å². The Kier molecular flexibility index (Phi) is 2.80. The van der Waals surface area contributed by atoms with E-state index in [0.717, 1.165) is 11.4 Å². The zero-order chi connectivity index (χ0) is 10.0. The van der Waals surface area contributed by atoms with Gasteiger partial charge in [-0.1, -0.05) is 64.0 Å². The van der Waals surface area contributed by atoms with Crippen molar-refractivity contribution in [2.24, 2.45) is 0 Å². The molecule has 0 spiro atoms. The van der Waals surface area contributed by atoms with Crippen molar-refractivity contribution in [2.75, 3.05) is 0 Å². The molecular weight excluding hydrogens is 259 g/mol. The molecule has 0 fully saturated rings. The molecule has 72 valence electrons. The first kappa shape index (κ1) is 10.0. The minimum atomic E-state index is -0.0493. The number of halogens is 2. The molecule has 1 aromatic carbocycles. The van der Waals surface area contributed by atoms with Gasteiger partial charge in [0.15, 0.2) is 0 Å². The van der Waals surface area contributed by atoms with Gasteiger partial charge in [-0.2, -0.15) is 0 Å². The number of hydrogen-bond acceptors (Lipinski definition) is 0. The first-order valence-electron chi connectivity index (χ1n) is 4.50. The van der Waals surface area contributed by atoms with Crippen LogP contribution in [0.4, 0.5) is 0 Å². The minimum absolute atomic E-state index is 0.0493. The lowest BCUT2D eigenvalue weighted by Crippen LogP contribution is -2.14. The van der Waals surface area contributed by atoms with Crippen molar-refractivity contribution in [1.29, 1.82) is 0 Å². The summed E-state index contributed by atoms with van der Waals surface area (Å²) in [5, 5.41) is 0.778. The second kappa shape index (κ2) is 3.92. The van der Waals surface area contributed by atoms with Crippen LogP contribution in [0.1, 0.15) is 12.0 Å². The van der Waals surface area contributed by atoms with Crippen molar-refractivity contribution in [3.05, 3.63) is 59.2 Å². The highest BCUT2D eigenvalue weighted by molar-refractivity contribution is 9.09.